The van der Waals surface area contributed by atoms with Gasteiger partial charge in [-0.2, -0.15) is 0 Å². The summed E-state index contributed by atoms with van der Waals surface area (Å²) in [5.74, 6) is -0.423. The summed E-state index contributed by atoms with van der Waals surface area (Å²) >= 11 is 5.63. The molecule has 2 unspecified atom stereocenters. The number of halogens is 3. The standard InChI is InChI=1S/C12H14ClF2N/c13-9-4-3-8(10(14)7-9)6-11(15)12-2-1-5-16-12/h3-4,7,11-12,16H,1-2,5-6H2. The minimum atomic E-state index is -1.03. The average Bonchev–Trinajstić information content (AvgIpc) is 2.75. The quantitative estimate of drug-likeness (QED) is 0.863. The molecule has 2 atom stereocenters. The van der Waals surface area contributed by atoms with E-state index in [1.165, 1.54) is 6.07 Å². The first-order valence-corrected chi connectivity index (χ1v) is 5.86. The topological polar surface area (TPSA) is 12.0 Å². The number of rotatable bonds is 3. The van der Waals surface area contributed by atoms with E-state index in [1.54, 1.807) is 12.1 Å². The molecule has 2 rings (SSSR count). The Bertz CT molecular complexity index is 364. The third-order valence-corrected chi connectivity index (χ3v) is 3.20. The summed E-state index contributed by atoms with van der Waals surface area (Å²) in [5.41, 5.74) is 0.394. The Hall–Kier alpha value is -0.670. The molecule has 1 aromatic carbocycles. The highest BCUT2D eigenvalue weighted by atomic mass is 35.5. The van der Waals surface area contributed by atoms with Crippen molar-refractivity contribution in [3.05, 3.63) is 34.6 Å². The molecule has 1 aliphatic heterocycles. The number of nitrogens with one attached hydrogen (secondary N) is 1. The van der Waals surface area contributed by atoms with Crippen molar-refractivity contribution >= 4 is 11.6 Å². The highest BCUT2D eigenvalue weighted by molar-refractivity contribution is 6.30. The molecule has 1 saturated heterocycles. The van der Waals surface area contributed by atoms with Crippen molar-refractivity contribution in [1.82, 2.24) is 5.32 Å². The van der Waals surface area contributed by atoms with Gasteiger partial charge in [-0.3, -0.25) is 0 Å². The van der Waals surface area contributed by atoms with Crippen LogP contribution in [0.25, 0.3) is 0 Å². The molecule has 4 heteroatoms. The molecule has 0 aliphatic carbocycles. The predicted octanol–water partition coefficient (Wildman–Crippen LogP) is 3.11. The Labute approximate surface area is 98.8 Å². The van der Waals surface area contributed by atoms with Crippen LogP contribution in [0, 0.1) is 5.82 Å². The van der Waals surface area contributed by atoms with Crippen LogP contribution < -0.4 is 5.32 Å². The maximum Gasteiger partial charge on any atom is 0.127 e. The van der Waals surface area contributed by atoms with E-state index >= 15 is 0 Å². The van der Waals surface area contributed by atoms with Gasteiger partial charge in [0.2, 0.25) is 0 Å². The lowest BCUT2D eigenvalue weighted by Crippen LogP contribution is -2.33. The van der Waals surface area contributed by atoms with Gasteiger partial charge in [-0.25, -0.2) is 8.78 Å². The van der Waals surface area contributed by atoms with Crippen molar-refractivity contribution in [2.75, 3.05) is 6.54 Å². The molecule has 1 N–H and O–H groups in total. The molecule has 0 saturated carbocycles. The van der Waals surface area contributed by atoms with Crippen LogP contribution in [0.3, 0.4) is 0 Å². The van der Waals surface area contributed by atoms with Crippen LogP contribution in [0.1, 0.15) is 18.4 Å². The number of hydrogen-bond acceptors (Lipinski definition) is 1. The third kappa shape index (κ3) is 2.71. The third-order valence-electron chi connectivity index (χ3n) is 2.97. The minimum Gasteiger partial charge on any atom is -0.311 e. The molecule has 0 aromatic heterocycles. The zero-order chi connectivity index (χ0) is 11.5. The van der Waals surface area contributed by atoms with E-state index in [0.29, 0.717) is 10.6 Å². The fraction of sp³-hybridized carbons (Fsp3) is 0.500. The fourth-order valence-corrected chi connectivity index (χ4v) is 2.22. The number of benzene rings is 1. The Kier molecular flexibility index (Phi) is 3.77. The molecule has 0 bridgehead atoms. The molecule has 1 fully saturated rings. The normalized spacial score (nSPS) is 22.3. The molecule has 0 amide bonds. The van der Waals surface area contributed by atoms with Gasteiger partial charge in [0, 0.05) is 17.5 Å². The Morgan fingerprint density at radius 2 is 2.31 bits per heavy atom. The van der Waals surface area contributed by atoms with Crippen LogP contribution in [-0.2, 0) is 6.42 Å². The van der Waals surface area contributed by atoms with E-state index in [0.717, 1.165) is 19.4 Å². The highest BCUT2D eigenvalue weighted by Crippen LogP contribution is 2.20. The number of alkyl halides is 1. The minimum absolute atomic E-state index is 0.112. The van der Waals surface area contributed by atoms with E-state index in [9.17, 15) is 8.78 Å². The van der Waals surface area contributed by atoms with Crippen LogP contribution in [0.4, 0.5) is 8.78 Å². The first-order chi connectivity index (χ1) is 7.66. The van der Waals surface area contributed by atoms with Gasteiger partial charge in [-0.05, 0) is 37.1 Å². The first kappa shape index (κ1) is 11.8. The molecular formula is C12H14ClF2N. The van der Waals surface area contributed by atoms with Gasteiger partial charge in [0.05, 0.1) is 0 Å². The van der Waals surface area contributed by atoms with Crippen molar-refractivity contribution in [1.29, 1.82) is 0 Å². The molecule has 16 heavy (non-hydrogen) atoms. The van der Waals surface area contributed by atoms with Gasteiger partial charge in [-0.15, -0.1) is 0 Å². The molecule has 0 radical (unpaired) electrons. The summed E-state index contributed by atoms with van der Waals surface area (Å²) in [7, 11) is 0. The van der Waals surface area contributed by atoms with E-state index in [1.807, 2.05) is 0 Å². The number of hydrogen-bond donors (Lipinski definition) is 1. The van der Waals surface area contributed by atoms with Crippen LogP contribution >= 0.6 is 11.6 Å². The largest absolute Gasteiger partial charge is 0.311 e. The smallest absolute Gasteiger partial charge is 0.127 e. The zero-order valence-electron chi connectivity index (χ0n) is 8.85. The van der Waals surface area contributed by atoms with Gasteiger partial charge in [-0.1, -0.05) is 17.7 Å². The molecule has 88 valence electrons. The summed E-state index contributed by atoms with van der Waals surface area (Å²) in [6, 6.07) is 4.25. The molecule has 1 nitrogen and oxygen atoms in total. The summed E-state index contributed by atoms with van der Waals surface area (Å²) in [4.78, 5) is 0. The molecule has 0 spiro atoms. The lowest BCUT2D eigenvalue weighted by molar-refractivity contribution is 0.261. The van der Waals surface area contributed by atoms with Crippen molar-refractivity contribution in [3.63, 3.8) is 0 Å². The lowest BCUT2D eigenvalue weighted by Gasteiger charge is -2.16. The first-order valence-electron chi connectivity index (χ1n) is 5.48. The second kappa shape index (κ2) is 5.11. The zero-order valence-corrected chi connectivity index (χ0v) is 9.61. The van der Waals surface area contributed by atoms with Crippen molar-refractivity contribution in [2.45, 2.75) is 31.5 Å². The van der Waals surface area contributed by atoms with Crippen LogP contribution in [0.5, 0.6) is 0 Å². The molecule has 1 heterocycles. The Balaban J connectivity index is 2.02. The fourth-order valence-electron chi connectivity index (χ4n) is 2.06. The van der Waals surface area contributed by atoms with E-state index in [2.05, 4.69) is 5.32 Å². The summed E-state index contributed by atoms with van der Waals surface area (Å²) < 4.78 is 27.2. The summed E-state index contributed by atoms with van der Waals surface area (Å²) in [6.45, 7) is 0.855. The van der Waals surface area contributed by atoms with Gasteiger partial charge in [0.1, 0.15) is 12.0 Å². The van der Waals surface area contributed by atoms with Crippen LogP contribution in [0.15, 0.2) is 18.2 Å². The Morgan fingerprint density at radius 3 is 2.94 bits per heavy atom. The molecule has 1 aromatic rings. The van der Waals surface area contributed by atoms with E-state index in [-0.39, 0.29) is 12.5 Å². The molecule has 1 aliphatic rings. The summed E-state index contributed by atoms with van der Waals surface area (Å²) in [6.07, 6.45) is 0.906. The molecular weight excluding hydrogens is 232 g/mol. The SMILES string of the molecule is Fc1cc(Cl)ccc1CC(F)C1CCCN1. The monoisotopic (exact) mass is 245 g/mol. The summed E-state index contributed by atoms with van der Waals surface area (Å²) in [5, 5.41) is 3.43. The van der Waals surface area contributed by atoms with Gasteiger partial charge >= 0.3 is 0 Å². The second-order valence-corrected chi connectivity index (χ2v) is 4.60. The van der Waals surface area contributed by atoms with E-state index in [4.69, 9.17) is 11.6 Å². The Morgan fingerprint density at radius 1 is 1.50 bits per heavy atom. The lowest BCUT2D eigenvalue weighted by atomic mass is 10.0. The second-order valence-electron chi connectivity index (χ2n) is 4.16. The maximum atomic E-state index is 13.8. The van der Waals surface area contributed by atoms with Crippen molar-refractivity contribution in [2.24, 2.45) is 0 Å². The van der Waals surface area contributed by atoms with E-state index < -0.39 is 12.0 Å². The van der Waals surface area contributed by atoms with Crippen LogP contribution in [-0.4, -0.2) is 18.8 Å². The predicted molar refractivity (Wildman–Crippen MR) is 61.0 cm³/mol. The average molecular weight is 246 g/mol. The van der Waals surface area contributed by atoms with Crippen molar-refractivity contribution in [3.8, 4) is 0 Å². The van der Waals surface area contributed by atoms with Crippen molar-refractivity contribution < 1.29 is 8.78 Å². The maximum absolute atomic E-state index is 13.8. The van der Waals surface area contributed by atoms with Gasteiger partial charge in [0.25, 0.3) is 0 Å². The van der Waals surface area contributed by atoms with Gasteiger partial charge in [0.15, 0.2) is 0 Å². The highest BCUT2D eigenvalue weighted by Gasteiger charge is 2.25. The van der Waals surface area contributed by atoms with Crippen LogP contribution in [0.2, 0.25) is 5.02 Å². The van der Waals surface area contributed by atoms with Gasteiger partial charge < -0.3 is 5.32 Å².